The first kappa shape index (κ1) is 12.1. The molecule has 0 saturated heterocycles. The molecule has 17 heavy (non-hydrogen) atoms. The molecule has 6 heteroatoms. The molecule has 0 aliphatic rings. The number of hydrogen-bond donors (Lipinski definition) is 0. The van der Waals surface area contributed by atoms with Crippen molar-refractivity contribution in [1.29, 1.82) is 0 Å². The molecule has 0 N–H and O–H groups in total. The van der Waals surface area contributed by atoms with Crippen LogP contribution in [0.15, 0.2) is 24.5 Å². The number of Topliss-reactive ketones (excluding diaryl/α,β-unsaturated/α-hetero) is 1. The van der Waals surface area contributed by atoms with Crippen molar-refractivity contribution in [1.82, 2.24) is 4.98 Å². The highest BCUT2D eigenvalue weighted by atomic mass is 35.5. The highest BCUT2D eigenvalue weighted by Gasteiger charge is 2.16. The second-order valence-electron chi connectivity index (χ2n) is 3.29. The Balaban J connectivity index is 2.24. The fourth-order valence-corrected chi connectivity index (χ4v) is 2.30. The van der Waals surface area contributed by atoms with Crippen LogP contribution in [0.5, 0.6) is 0 Å². The Bertz CT molecular complexity index is 550. The van der Waals surface area contributed by atoms with Crippen LogP contribution in [0.4, 0.5) is 8.78 Å². The van der Waals surface area contributed by atoms with E-state index >= 15 is 0 Å². The smallest absolute Gasteiger partial charge is 0.177 e. The van der Waals surface area contributed by atoms with E-state index in [1.807, 2.05) is 0 Å². The number of aromatic nitrogens is 1. The number of ketones is 1. The maximum absolute atomic E-state index is 13.3. The van der Waals surface area contributed by atoms with Crippen LogP contribution in [0.3, 0.4) is 0 Å². The Kier molecular flexibility index (Phi) is 3.49. The van der Waals surface area contributed by atoms with Gasteiger partial charge in [0.1, 0.15) is 11.6 Å². The Morgan fingerprint density at radius 1 is 1.29 bits per heavy atom. The number of carbonyl (C=O) groups is 1. The number of halogens is 3. The standard InChI is InChI=1S/C11H6ClF2NOS/c12-11-2-1-10(17-11)9(16)3-6-7(13)4-15-5-8(6)14/h1-2,4-5H,3H2. The van der Waals surface area contributed by atoms with Gasteiger partial charge in [-0.15, -0.1) is 11.3 Å². The van der Waals surface area contributed by atoms with Crippen molar-refractivity contribution in [3.8, 4) is 0 Å². The van der Waals surface area contributed by atoms with Gasteiger partial charge in [0.25, 0.3) is 0 Å². The summed E-state index contributed by atoms with van der Waals surface area (Å²) in [5, 5.41) is 0. The highest BCUT2D eigenvalue weighted by molar-refractivity contribution is 7.18. The maximum Gasteiger partial charge on any atom is 0.177 e. The lowest BCUT2D eigenvalue weighted by Crippen LogP contribution is -2.06. The topological polar surface area (TPSA) is 30.0 Å². The van der Waals surface area contributed by atoms with Gasteiger partial charge >= 0.3 is 0 Å². The monoisotopic (exact) mass is 273 g/mol. The molecule has 2 rings (SSSR count). The molecule has 0 fully saturated rings. The van der Waals surface area contributed by atoms with E-state index < -0.39 is 11.6 Å². The van der Waals surface area contributed by atoms with Crippen LogP contribution in [-0.4, -0.2) is 10.8 Å². The van der Waals surface area contributed by atoms with E-state index in [0.717, 1.165) is 23.7 Å². The van der Waals surface area contributed by atoms with Crippen molar-refractivity contribution in [2.75, 3.05) is 0 Å². The lowest BCUT2D eigenvalue weighted by molar-refractivity contribution is 0.0994. The van der Waals surface area contributed by atoms with Crippen molar-refractivity contribution in [2.45, 2.75) is 6.42 Å². The Morgan fingerprint density at radius 3 is 2.47 bits per heavy atom. The highest BCUT2D eigenvalue weighted by Crippen LogP contribution is 2.23. The van der Waals surface area contributed by atoms with Crippen LogP contribution in [0.2, 0.25) is 4.34 Å². The van der Waals surface area contributed by atoms with Crippen molar-refractivity contribution in [2.24, 2.45) is 0 Å². The first-order valence-electron chi connectivity index (χ1n) is 4.64. The third-order valence-electron chi connectivity index (χ3n) is 2.14. The summed E-state index contributed by atoms with van der Waals surface area (Å²) in [5.41, 5.74) is -0.269. The molecule has 0 spiro atoms. The molecular weight excluding hydrogens is 268 g/mol. The van der Waals surface area contributed by atoms with Crippen LogP contribution < -0.4 is 0 Å². The van der Waals surface area contributed by atoms with Crippen LogP contribution in [0, 0.1) is 11.6 Å². The number of hydrogen-bond acceptors (Lipinski definition) is 3. The van der Waals surface area contributed by atoms with Gasteiger partial charge < -0.3 is 0 Å². The zero-order valence-corrected chi connectivity index (χ0v) is 9.99. The minimum atomic E-state index is -0.819. The number of thiophene rings is 1. The number of pyridine rings is 1. The summed E-state index contributed by atoms with van der Waals surface area (Å²) in [6, 6.07) is 3.10. The molecule has 0 aliphatic heterocycles. The number of nitrogens with zero attached hydrogens (tertiary/aromatic N) is 1. The van der Waals surface area contributed by atoms with E-state index in [1.54, 1.807) is 6.07 Å². The summed E-state index contributed by atoms with van der Waals surface area (Å²) in [4.78, 5) is 15.5. The van der Waals surface area contributed by atoms with E-state index in [1.165, 1.54) is 6.07 Å². The molecule has 0 aliphatic carbocycles. The van der Waals surface area contributed by atoms with E-state index in [2.05, 4.69) is 4.98 Å². The largest absolute Gasteiger partial charge is 0.293 e. The van der Waals surface area contributed by atoms with E-state index in [9.17, 15) is 13.6 Å². The molecule has 88 valence electrons. The van der Waals surface area contributed by atoms with Gasteiger partial charge in [-0.25, -0.2) is 8.78 Å². The van der Waals surface area contributed by atoms with Crippen LogP contribution in [0.25, 0.3) is 0 Å². The summed E-state index contributed by atoms with van der Waals surface area (Å²) < 4.78 is 27.0. The van der Waals surface area contributed by atoms with Crippen molar-refractivity contribution in [3.63, 3.8) is 0 Å². The van der Waals surface area contributed by atoms with Gasteiger partial charge in [0.2, 0.25) is 0 Å². The van der Waals surface area contributed by atoms with Crippen molar-refractivity contribution >= 4 is 28.7 Å². The van der Waals surface area contributed by atoms with Gasteiger partial charge in [0, 0.05) is 12.0 Å². The number of rotatable bonds is 3. The van der Waals surface area contributed by atoms with E-state index in [4.69, 9.17) is 11.6 Å². The lowest BCUT2D eigenvalue weighted by atomic mass is 10.1. The Labute approximate surface area is 105 Å². The molecule has 2 aromatic rings. The SMILES string of the molecule is O=C(Cc1c(F)cncc1F)c1ccc(Cl)s1. The van der Waals surface area contributed by atoms with E-state index in [-0.39, 0.29) is 17.8 Å². The normalized spacial score (nSPS) is 10.5. The van der Waals surface area contributed by atoms with Gasteiger partial charge in [-0.3, -0.25) is 9.78 Å². The molecule has 0 aromatic carbocycles. The third kappa shape index (κ3) is 2.68. The third-order valence-corrected chi connectivity index (χ3v) is 3.41. The molecule has 0 bridgehead atoms. The van der Waals surface area contributed by atoms with Crippen molar-refractivity contribution in [3.05, 3.63) is 50.9 Å². The molecule has 0 saturated carbocycles. The predicted molar refractivity (Wildman–Crippen MR) is 61.5 cm³/mol. The first-order valence-corrected chi connectivity index (χ1v) is 5.84. The van der Waals surface area contributed by atoms with Gasteiger partial charge in [-0.2, -0.15) is 0 Å². The van der Waals surface area contributed by atoms with Gasteiger partial charge in [0.15, 0.2) is 5.78 Å². The van der Waals surface area contributed by atoms with Crippen LogP contribution in [0.1, 0.15) is 15.2 Å². The fraction of sp³-hybridized carbons (Fsp3) is 0.0909. The number of carbonyl (C=O) groups excluding carboxylic acids is 1. The fourth-order valence-electron chi connectivity index (χ4n) is 1.32. The Morgan fingerprint density at radius 2 is 1.94 bits per heavy atom. The summed E-state index contributed by atoms with van der Waals surface area (Å²) in [6.07, 6.45) is 1.43. The summed E-state index contributed by atoms with van der Waals surface area (Å²) >= 11 is 6.76. The summed E-state index contributed by atoms with van der Waals surface area (Å²) in [5.74, 6) is -2.01. The van der Waals surface area contributed by atoms with Crippen molar-refractivity contribution < 1.29 is 13.6 Å². The van der Waals surface area contributed by atoms with Gasteiger partial charge in [-0.05, 0) is 12.1 Å². The van der Waals surface area contributed by atoms with E-state index in [0.29, 0.717) is 9.21 Å². The second-order valence-corrected chi connectivity index (χ2v) is 5.00. The minimum absolute atomic E-state index is 0.269. The zero-order valence-electron chi connectivity index (χ0n) is 8.41. The zero-order chi connectivity index (χ0) is 12.4. The van der Waals surface area contributed by atoms with Crippen LogP contribution in [-0.2, 0) is 6.42 Å². The van der Waals surface area contributed by atoms with Gasteiger partial charge in [0.05, 0.1) is 21.6 Å². The molecule has 0 amide bonds. The second kappa shape index (κ2) is 4.89. The quantitative estimate of drug-likeness (QED) is 0.801. The predicted octanol–water partition coefficient (Wildman–Crippen LogP) is 3.50. The average Bonchev–Trinajstić information content (AvgIpc) is 2.70. The first-order chi connectivity index (χ1) is 8.08. The Hall–Kier alpha value is -1.33. The van der Waals surface area contributed by atoms with Crippen LogP contribution >= 0.6 is 22.9 Å². The summed E-state index contributed by atoms with van der Waals surface area (Å²) in [7, 11) is 0. The molecule has 0 atom stereocenters. The molecule has 0 radical (unpaired) electrons. The molecule has 2 nitrogen and oxygen atoms in total. The van der Waals surface area contributed by atoms with Gasteiger partial charge in [-0.1, -0.05) is 11.6 Å². The molecule has 2 aromatic heterocycles. The summed E-state index contributed by atoms with van der Waals surface area (Å²) in [6.45, 7) is 0. The minimum Gasteiger partial charge on any atom is -0.293 e. The lowest BCUT2D eigenvalue weighted by Gasteiger charge is -2.02. The molecular formula is C11H6ClF2NOS. The average molecular weight is 274 g/mol. The maximum atomic E-state index is 13.3. The molecule has 0 unspecified atom stereocenters. The molecule has 2 heterocycles.